The van der Waals surface area contributed by atoms with Crippen LogP contribution in [0.25, 0.3) is 0 Å². The molecular formula is C17H26N4O2. The number of carbonyl (C=O) groups excluding carboxylic acids is 1. The molecule has 0 radical (unpaired) electrons. The zero-order chi connectivity index (χ0) is 16.4. The normalized spacial score (nSPS) is 25.6. The molecule has 2 fully saturated rings. The van der Waals surface area contributed by atoms with Gasteiger partial charge in [-0.3, -0.25) is 9.69 Å². The number of carbonyl (C=O) groups is 1. The first-order valence-corrected chi connectivity index (χ1v) is 8.41. The van der Waals surface area contributed by atoms with E-state index in [-0.39, 0.29) is 18.1 Å². The second kappa shape index (κ2) is 6.84. The maximum atomic E-state index is 12.6. The summed E-state index contributed by atoms with van der Waals surface area (Å²) in [5.74, 6) is 0.899. The monoisotopic (exact) mass is 318 g/mol. The standard InChI is InChI=1S/C17H26N4O2/c1-19(2)16-7-6-13(12-18-16)17(23)21-10-8-20(9-11-21)14-4-3-5-15(14)22/h6-7,12,14-15,22H,3-5,8-11H2,1-2H3. The third-order valence-electron chi connectivity index (χ3n) is 4.97. The SMILES string of the molecule is CN(C)c1ccc(C(=O)N2CCN(C3CCCC3O)CC2)cn1. The van der Waals surface area contributed by atoms with E-state index in [1.54, 1.807) is 6.20 Å². The van der Waals surface area contributed by atoms with Gasteiger partial charge in [-0.2, -0.15) is 0 Å². The minimum absolute atomic E-state index is 0.0504. The largest absolute Gasteiger partial charge is 0.391 e. The highest BCUT2D eigenvalue weighted by Gasteiger charge is 2.33. The Kier molecular flexibility index (Phi) is 4.82. The van der Waals surface area contributed by atoms with Gasteiger partial charge in [0.1, 0.15) is 5.82 Å². The summed E-state index contributed by atoms with van der Waals surface area (Å²) < 4.78 is 0. The predicted molar refractivity (Wildman–Crippen MR) is 89.7 cm³/mol. The molecule has 0 spiro atoms. The lowest BCUT2D eigenvalue weighted by Gasteiger charge is -2.39. The number of piperazine rings is 1. The van der Waals surface area contributed by atoms with Crippen molar-refractivity contribution < 1.29 is 9.90 Å². The van der Waals surface area contributed by atoms with Crippen LogP contribution >= 0.6 is 0 Å². The number of rotatable bonds is 3. The number of aliphatic hydroxyl groups excluding tert-OH is 1. The first-order valence-electron chi connectivity index (χ1n) is 8.41. The molecule has 3 rings (SSSR count). The van der Waals surface area contributed by atoms with Crippen molar-refractivity contribution in [1.29, 1.82) is 0 Å². The van der Waals surface area contributed by atoms with Gasteiger partial charge in [0, 0.05) is 52.5 Å². The van der Waals surface area contributed by atoms with Gasteiger partial charge >= 0.3 is 0 Å². The lowest BCUT2D eigenvalue weighted by Crippen LogP contribution is -2.53. The minimum Gasteiger partial charge on any atom is -0.391 e. The third kappa shape index (κ3) is 3.48. The van der Waals surface area contributed by atoms with Crippen LogP contribution in [0.5, 0.6) is 0 Å². The summed E-state index contributed by atoms with van der Waals surface area (Å²) in [6, 6.07) is 4.00. The van der Waals surface area contributed by atoms with E-state index in [0.717, 1.165) is 51.3 Å². The minimum atomic E-state index is -0.194. The number of aliphatic hydroxyl groups is 1. The van der Waals surface area contributed by atoms with Crippen molar-refractivity contribution in [2.24, 2.45) is 0 Å². The predicted octanol–water partition coefficient (Wildman–Crippen LogP) is 0.819. The molecule has 2 unspecified atom stereocenters. The average Bonchev–Trinajstić information content (AvgIpc) is 3.00. The van der Waals surface area contributed by atoms with E-state index < -0.39 is 0 Å². The molecule has 6 heteroatoms. The first-order chi connectivity index (χ1) is 11.1. The zero-order valence-corrected chi connectivity index (χ0v) is 14.0. The van der Waals surface area contributed by atoms with Crippen molar-refractivity contribution in [2.75, 3.05) is 45.2 Å². The number of aromatic nitrogens is 1. The van der Waals surface area contributed by atoms with Gasteiger partial charge < -0.3 is 14.9 Å². The van der Waals surface area contributed by atoms with E-state index in [4.69, 9.17) is 0 Å². The summed E-state index contributed by atoms with van der Waals surface area (Å²) in [6.07, 6.45) is 4.55. The Morgan fingerprint density at radius 3 is 2.48 bits per heavy atom. The number of hydrogen-bond acceptors (Lipinski definition) is 5. The molecule has 23 heavy (non-hydrogen) atoms. The maximum Gasteiger partial charge on any atom is 0.255 e. The smallest absolute Gasteiger partial charge is 0.255 e. The van der Waals surface area contributed by atoms with Crippen LogP contribution in [-0.2, 0) is 0 Å². The van der Waals surface area contributed by atoms with Crippen LogP contribution in [0.3, 0.4) is 0 Å². The third-order valence-corrected chi connectivity index (χ3v) is 4.97. The second-order valence-electron chi connectivity index (χ2n) is 6.69. The van der Waals surface area contributed by atoms with Gasteiger partial charge in [-0.05, 0) is 31.4 Å². The van der Waals surface area contributed by atoms with Gasteiger partial charge in [0.15, 0.2) is 0 Å². The van der Waals surface area contributed by atoms with Crippen LogP contribution in [0, 0.1) is 0 Å². The van der Waals surface area contributed by atoms with E-state index >= 15 is 0 Å². The highest BCUT2D eigenvalue weighted by Crippen LogP contribution is 2.25. The second-order valence-corrected chi connectivity index (χ2v) is 6.69. The van der Waals surface area contributed by atoms with Crippen LogP contribution in [0.2, 0.25) is 0 Å². The molecule has 1 aromatic rings. The van der Waals surface area contributed by atoms with Crippen LogP contribution in [-0.4, -0.2) is 78.2 Å². The van der Waals surface area contributed by atoms with Crippen molar-refractivity contribution in [3.05, 3.63) is 23.9 Å². The summed E-state index contributed by atoms with van der Waals surface area (Å²) in [5.41, 5.74) is 0.643. The Labute approximate surface area is 137 Å². The van der Waals surface area contributed by atoms with E-state index in [1.165, 1.54) is 0 Å². The summed E-state index contributed by atoms with van der Waals surface area (Å²) in [5, 5.41) is 10.0. The molecule has 0 bridgehead atoms. The number of amides is 1. The van der Waals surface area contributed by atoms with Crippen LogP contribution in [0.4, 0.5) is 5.82 Å². The Hall–Kier alpha value is -1.66. The molecule has 0 aromatic carbocycles. The lowest BCUT2D eigenvalue weighted by atomic mass is 10.1. The van der Waals surface area contributed by atoms with E-state index in [2.05, 4.69) is 9.88 Å². The van der Waals surface area contributed by atoms with E-state index in [1.807, 2.05) is 36.0 Å². The van der Waals surface area contributed by atoms with Crippen LogP contribution in [0.1, 0.15) is 29.6 Å². The van der Waals surface area contributed by atoms with Gasteiger partial charge in [0.25, 0.3) is 5.91 Å². The van der Waals surface area contributed by atoms with Crippen LogP contribution < -0.4 is 4.90 Å². The molecule has 2 aliphatic rings. The number of nitrogens with zero attached hydrogens (tertiary/aromatic N) is 4. The topological polar surface area (TPSA) is 59.9 Å². The summed E-state index contributed by atoms with van der Waals surface area (Å²) in [7, 11) is 3.86. The van der Waals surface area contributed by atoms with Crippen LogP contribution in [0.15, 0.2) is 18.3 Å². The molecule has 1 saturated carbocycles. The summed E-state index contributed by atoms with van der Waals surface area (Å²) >= 11 is 0. The lowest BCUT2D eigenvalue weighted by molar-refractivity contribution is 0.0315. The number of pyridine rings is 1. The molecule has 2 heterocycles. The highest BCUT2D eigenvalue weighted by molar-refractivity contribution is 5.94. The molecule has 6 nitrogen and oxygen atoms in total. The molecule has 1 aromatic heterocycles. The molecule has 1 amide bonds. The van der Waals surface area contributed by atoms with Crippen molar-refractivity contribution in [3.63, 3.8) is 0 Å². The maximum absolute atomic E-state index is 12.6. The van der Waals surface area contributed by atoms with Crippen molar-refractivity contribution in [1.82, 2.24) is 14.8 Å². The first kappa shape index (κ1) is 16.2. The van der Waals surface area contributed by atoms with E-state index in [0.29, 0.717) is 5.56 Å². The molecule has 126 valence electrons. The van der Waals surface area contributed by atoms with Crippen molar-refractivity contribution >= 4 is 11.7 Å². The molecule has 1 saturated heterocycles. The molecule has 1 aliphatic heterocycles. The molecule has 1 aliphatic carbocycles. The Morgan fingerprint density at radius 2 is 1.96 bits per heavy atom. The number of anilines is 1. The van der Waals surface area contributed by atoms with Gasteiger partial charge in [-0.1, -0.05) is 0 Å². The van der Waals surface area contributed by atoms with Gasteiger partial charge in [-0.15, -0.1) is 0 Å². The van der Waals surface area contributed by atoms with E-state index in [9.17, 15) is 9.90 Å². The molecule has 1 N–H and O–H groups in total. The quantitative estimate of drug-likeness (QED) is 0.894. The van der Waals surface area contributed by atoms with Crippen molar-refractivity contribution in [2.45, 2.75) is 31.4 Å². The fraction of sp³-hybridized carbons (Fsp3) is 0.647. The van der Waals surface area contributed by atoms with Gasteiger partial charge in [-0.25, -0.2) is 4.98 Å². The van der Waals surface area contributed by atoms with Crippen molar-refractivity contribution in [3.8, 4) is 0 Å². The average molecular weight is 318 g/mol. The van der Waals surface area contributed by atoms with Gasteiger partial charge in [0.2, 0.25) is 0 Å². The summed E-state index contributed by atoms with van der Waals surface area (Å²) in [4.78, 5) is 23.0. The Balaban J connectivity index is 1.57. The fourth-order valence-corrected chi connectivity index (χ4v) is 3.56. The number of hydrogen-bond donors (Lipinski definition) is 1. The fourth-order valence-electron chi connectivity index (χ4n) is 3.56. The highest BCUT2D eigenvalue weighted by atomic mass is 16.3. The van der Waals surface area contributed by atoms with Gasteiger partial charge in [0.05, 0.1) is 11.7 Å². The molecule has 2 atom stereocenters. The zero-order valence-electron chi connectivity index (χ0n) is 14.0. The Bertz CT molecular complexity index is 538. The summed E-state index contributed by atoms with van der Waals surface area (Å²) in [6.45, 7) is 3.13. The Morgan fingerprint density at radius 1 is 1.22 bits per heavy atom. The molecular weight excluding hydrogens is 292 g/mol.